The second-order valence-corrected chi connectivity index (χ2v) is 8.17. The third kappa shape index (κ3) is 4.32. The van der Waals surface area contributed by atoms with Gasteiger partial charge in [0.2, 0.25) is 15.9 Å². The Morgan fingerprint density at radius 3 is 2.59 bits per heavy atom. The molecule has 1 unspecified atom stereocenters. The quantitative estimate of drug-likeness (QED) is 0.705. The Hall–Kier alpha value is -2.77. The molecule has 1 aromatic heterocycles. The Labute approximate surface area is 158 Å². The first-order chi connectivity index (χ1) is 12.8. The van der Waals surface area contributed by atoms with Gasteiger partial charge in [0.25, 0.3) is 0 Å². The zero-order valence-electron chi connectivity index (χ0n) is 15.4. The largest absolute Gasteiger partial charge is 0.326 e. The van der Waals surface area contributed by atoms with Gasteiger partial charge in [-0.25, -0.2) is 13.1 Å². The molecular formula is C20H21N3O3S. The molecule has 0 radical (unpaired) electrons. The van der Waals surface area contributed by atoms with Gasteiger partial charge in [0.05, 0.1) is 5.52 Å². The standard InChI is InChI=1S/C20H21N3O3S/c1-13-10-17-7-5-9-19(20(17)21-12-13)27(25,26)23-14(2)16-6-4-8-18(11-16)22-15(3)24/h4-12,14,23H,1-3H3,(H,22,24). The van der Waals surface area contributed by atoms with Crippen molar-refractivity contribution in [3.63, 3.8) is 0 Å². The Balaban J connectivity index is 1.92. The number of nitrogens with zero attached hydrogens (tertiary/aromatic N) is 1. The number of fused-ring (bicyclic) bond motifs is 1. The summed E-state index contributed by atoms with van der Waals surface area (Å²) in [6.45, 7) is 5.09. The van der Waals surface area contributed by atoms with Crippen LogP contribution in [0.2, 0.25) is 0 Å². The van der Waals surface area contributed by atoms with Crippen LogP contribution in [0.25, 0.3) is 10.9 Å². The van der Waals surface area contributed by atoms with Crippen molar-refractivity contribution in [3.8, 4) is 0 Å². The van der Waals surface area contributed by atoms with Gasteiger partial charge in [0.1, 0.15) is 4.90 Å². The van der Waals surface area contributed by atoms with Crippen molar-refractivity contribution in [2.45, 2.75) is 31.7 Å². The number of amides is 1. The maximum Gasteiger partial charge on any atom is 0.243 e. The number of hydrogen-bond donors (Lipinski definition) is 2. The number of aryl methyl sites for hydroxylation is 1. The predicted octanol–water partition coefficient (Wildman–Crippen LogP) is 3.54. The SMILES string of the molecule is CC(=O)Nc1cccc(C(C)NS(=O)(=O)c2cccc3cc(C)cnc23)c1. The van der Waals surface area contributed by atoms with E-state index in [9.17, 15) is 13.2 Å². The van der Waals surface area contributed by atoms with E-state index in [0.717, 1.165) is 16.5 Å². The van der Waals surface area contributed by atoms with Gasteiger partial charge in [-0.05, 0) is 49.2 Å². The molecule has 140 valence electrons. The Bertz CT molecular complexity index is 1110. The zero-order valence-corrected chi connectivity index (χ0v) is 16.2. The van der Waals surface area contributed by atoms with Crippen LogP contribution in [-0.4, -0.2) is 19.3 Å². The average Bonchev–Trinajstić information content (AvgIpc) is 2.60. The number of para-hydroxylation sites is 1. The number of carbonyl (C=O) groups is 1. The molecule has 3 rings (SSSR count). The van der Waals surface area contributed by atoms with E-state index in [1.807, 2.05) is 25.1 Å². The third-order valence-electron chi connectivity index (χ3n) is 4.14. The van der Waals surface area contributed by atoms with E-state index in [0.29, 0.717) is 11.2 Å². The highest BCUT2D eigenvalue weighted by Gasteiger charge is 2.21. The minimum atomic E-state index is -3.78. The van der Waals surface area contributed by atoms with Crippen LogP contribution in [-0.2, 0) is 14.8 Å². The number of aromatic nitrogens is 1. The highest BCUT2D eigenvalue weighted by Crippen LogP contribution is 2.24. The monoisotopic (exact) mass is 383 g/mol. The second kappa shape index (κ2) is 7.46. The molecule has 2 aromatic carbocycles. The first-order valence-electron chi connectivity index (χ1n) is 8.51. The molecule has 1 amide bonds. The fraction of sp³-hybridized carbons (Fsp3) is 0.200. The number of rotatable bonds is 5. The lowest BCUT2D eigenvalue weighted by Crippen LogP contribution is -2.27. The summed E-state index contributed by atoms with van der Waals surface area (Å²) in [4.78, 5) is 15.7. The summed E-state index contributed by atoms with van der Waals surface area (Å²) in [5, 5.41) is 3.47. The van der Waals surface area contributed by atoms with Crippen LogP contribution in [0.4, 0.5) is 5.69 Å². The zero-order chi connectivity index (χ0) is 19.6. The van der Waals surface area contributed by atoms with E-state index in [2.05, 4.69) is 15.0 Å². The van der Waals surface area contributed by atoms with Crippen LogP contribution >= 0.6 is 0 Å². The smallest absolute Gasteiger partial charge is 0.243 e. The van der Waals surface area contributed by atoms with E-state index >= 15 is 0 Å². The van der Waals surface area contributed by atoms with Crippen LogP contribution in [0.3, 0.4) is 0 Å². The molecule has 7 heteroatoms. The van der Waals surface area contributed by atoms with Crippen LogP contribution < -0.4 is 10.0 Å². The van der Waals surface area contributed by atoms with Crippen LogP contribution in [0.1, 0.15) is 31.0 Å². The first kappa shape index (κ1) is 19.0. The molecule has 0 bridgehead atoms. The highest BCUT2D eigenvalue weighted by atomic mass is 32.2. The summed E-state index contributed by atoms with van der Waals surface area (Å²) in [7, 11) is -3.78. The van der Waals surface area contributed by atoms with Gasteiger partial charge in [0, 0.05) is 30.2 Å². The molecule has 2 N–H and O–H groups in total. The minimum Gasteiger partial charge on any atom is -0.326 e. The third-order valence-corrected chi connectivity index (χ3v) is 5.71. The first-order valence-corrected chi connectivity index (χ1v) is 10.00. The summed E-state index contributed by atoms with van der Waals surface area (Å²) in [6, 6.07) is 13.6. The van der Waals surface area contributed by atoms with Gasteiger partial charge < -0.3 is 5.32 Å². The molecule has 0 aliphatic rings. The van der Waals surface area contributed by atoms with Crippen molar-refractivity contribution in [1.82, 2.24) is 9.71 Å². The topological polar surface area (TPSA) is 88.2 Å². The second-order valence-electron chi connectivity index (χ2n) is 6.49. The Morgan fingerprint density at radius 2 is 1.85 bits per heavy atom. The maximum absolute atomic E-state index is 13.0. The van der Waals surface area contributed by atoms with Crippen molar-refractivity contribution in [3.05, 3.63) is 65.9 Å². The Kier molecular flexibility index (Phi) is 5.25. The van der Waals surface area contributed by atoms with Crippen LogP contribution in [0.5, 0.6) is 0 Å². The molecule has 0 saturated carbocycles. The molecular weight excluding hydrogens is 362 g/mol. The minimum absolute atomic E-state index is 0.143. The number of carbonyl (C=O) groups excluding carboxylic acids is 1. The average molecular weight is 383 g/mol. The molecule has 0 saturated heterocycles. The molecule has 0 spiro atoms. The lowest BCUT2D eigenvalue weighted by Gasteiger charge is -2.16. The molecule has 1 heterocycles. The molecule has 0 aliphatic carbocycles. The van der Waals surface area contributed by atoms with Gasteiger partial charge in [-0.2, -0.15) is 0 Å². The van der Waals surface area contributed by atoms with E-state index in [-0.39, 0.29) is 10.8 Å². The van der Waals surface area contributed by atoms with Crippen LogP contribution in [0, 0.1) is 6.92 Å². The summed E-state index contributed by atoms with van der Waals surface area (Å²) >= 11 is 0. The van der Waals surface area contributed by atoms with Crippen molar-refractivity contribution in [2.24, 2.45) is 0 Å². The van der Waals surface area contributed by atoms with E-state index in [4.69, 9.17) is 0 Å². The van der Waals surface area contributed by atoms with Crippen molar-refractivity contribution >= 4 is 32.5 Å². The molecule has 3 aromatic rings. The number of hydrogen-bond acceptors (Lipinski definition) is 4. The summed E-state index contributed by atoms with van der Waals surface area (Å²) in [6.07, 6.45) is 1.65. The van der Waals surface area contributed by atoms with E-state index in [1.54, 1.807) is 43.5 Å². The molecule has 0 aliphatic heterocycles. The lowest BCUT2D eigenvalue weighted by atomic mass is 10.1. The molecule has 0 fully saturated rings. The number of benzene rings is 2. The molecule has 27 heavy (non-hydrogen) atoms. The highest BCUT2D eigenvalue weighted by molar-refractivity contribution is 7.89. The maximum atomic E-state index is 13.0. The summed E-state index contributed by atoms with van der Waals surface area (Å²) in [5.74, 6) is -0.183. The van der Waals surface area contributed by atoms with Gasteiger partial charge in [0.15, 0.2) is 0 Å². The van der Waals surface area contributed by atoms with Gasteiger partial charge in [-0.1, -0.05) is 24.3 Å². The molecule has 6 nitrogen and oxygen atoms in total. The van der Waals surface area contributed by atoms with Gasteiger partial charge in [-0.3, -0.25) is 9.78 Å². The fourth-order valence-electron chi connectivity index (χ4n) is 2.91. The van der Waals surface area contributed by atoms with Crippen molar-refractivity contribution < 1.29 is 13.2 Å². The number of sulfonamides is 1. The van der Waals surface area contributed by atoms with E-state index in [1.165, 1.54) is 6.92 Å². The summed E-state index contributed by atoms with van der Waals surface area (Å²) < 4.78 is 28.6. The normalized spacial score (nSPS) is 12.7. The van der Waals surface area contributed by atoms with Crippen molar-refractivity contribution in [1.29, 1.82) is 0 Å². The van der Waals surface area contributed by atoms with Crippen molar-refractivity contribution in [2.75, 3.05) is 5.32 Å². The van der Waals surface area contributed by atoms with Gasteiger partial charge >= 0.3 is 0 Å². The van der Waals surface area contributed by atoms with E-state index < -0.39 is 16.1 Å². The number of pyridine rings is 1. The van der Waals surface area contributed by atoms with Gasteiger partial charge in [-0.15, -0.1) is 0 Å². The number of nitrogens with one attached hydrogen (secondary N) is 2. The van der Waals surface area contributed by atoms with Crippen LogP contribution in [0.15, 0.2) is 59.6 Å². The fourth-order valence-corrected chi connectivity index (χ4v) is 4.32. The Morgan fingerprint density at radius 1 is 1.11 bits per heavy atom. The lowest BCUT2D eigenvalue weighted by molar-refractivity contribution is -0.114. The predicted molar refractivity (Wildman–Crippen MR) is 106 cm³/mol. The summed E-state index contributed by atoms with van der Waals surface area (Å²) in [5.41, 5.74) is 2.77. The molecule has 1 atom stereocenters. The number of anilines is 1.